The highest BCUT2D eigenvalue weighted by atomic mass is 16.2. The Hall–Kier alpha value is -1.64. The molecular weight excluding hydrogens is 262 g/mol. The van der Waals surface area contributed by atoms with Gasteiger partial charge in [-0.15, -0.1) is 0 Å². The molecule has 0 aliphatic carbocycles. The molecule has 21 heavy (non-hydrogen) atoms. The minimum atomic E-state index is -0.275. The summed E-state index contributed by atoms with van der Waals surface area (Å²) in [4.78, 5) is 26.9. The second kappa shape index (κ2) is 6.00. The molecule has 1 heterocycles. The van der Waals surface area contributed by atoms with Crippen molar-refractivity contribution in [2.75, 3.05) is 6.54 Å². The second-order valence-electron chi connectivity index (χ2n) is 7.21. The number of carbonyl (C=O) groups excluding carboxylic acids is 2. The normalized spacial score (nSPS) is 18.9. The quantitative estimate of drug-likeness (QED) is 0.796. The fourth-order valence-electron chi connectivity index (χ4n) is 2.80. The van der Waals surface area contributed by atoms with Crippen LogP contribution in [0.5, 0.6) is 0 Å². The monoisotopic (exact) mass is 287 g/mol. The number of Topliss-reactive ketones (excluding diaryl/α,β-unsaturated/α-hetero) is 1. The van der Waals surface area contributed by atoms with Crippen LogP contribution in [0.3, 0.4) is 0 Å². The first-order valence-electron chi connectivity index (χ1n) is 7.68. The van der Waals surface area contributed by atoms with Crippen molar-refractivity contribution < 1.29 is 9.59 Å². The number of nitrogens with zero attached hydrogens (tertiary/aromatic N) is 1. The van der Waals surface area contributed by atoms with Gasteiger partial charge in [-0.2, -0.15) is 0 Å². The fourth-order valence-corrected chi connectivity index (χ4v) is 2.80. The highest BCUT2D eigenvalue weighted by molar-refractivity contribution is 6.02. The van der Waals surface area contributed by atoms with Gasteiger partial charge < -0.3 is 4.90 Å². The number of likely N-dealkylation sites (tertiary alicyclic amines) is 1. The van der Waals surface area contributed by atoms with Gasteiger partial charge in [0.1, 0.15) is 0 Å². The standard InChI is InChI=1S/C18H25NO2/c1-13-7-9-14(10-8-13)17(21)15-6-5-11-19(15)16(20)12-18(2,3)4/h7-10,15H,5-6,11-12H2,1-4H3. The summed E-state index contributed by atoms with van der Waals surface area (Å²) in [5.74, 6) is 0.181. The minimum absolute atomic E-state index is 0.0445. The molecule has 1 fully saturated rings. The Bertz CT molecular complexity index is 525. The molecule has 0 N–H and O–H groups in total. The third-order valence-electron chi connectivity index (χ3n) is 3.89. The van der Waals surface area contributed by atoms with Gasteiger partial charge in [0.05, 0.1) is 6.04 Å². The maximum Gasteiger partial charge on any atom is 0.223 e. The highest BCUT2D eigenvalue weighted by Gasteiger charge is 2.35. The average Bonchev–Trinajstić information content (AvgIpc) is 2.86. The van der Waals surface area contributed by atoms with E-state index in [1.54, 1.807) is 4.90 Å². The molecule has 3 heteroatoms. The van der Waals surface area contributed by atoms with Crippen LogP contribution in [0.15, 0.2) is 24.3 Å². The number of carbonyl (C=O) groups is 2. The van der Waals surface area contributed by atoms with Gasteiger partial charge in [-0.05, 0) is 25.2 Å². The zero-order valence-corrected chi connectivity index (χ0v) is 13.5. The third-order valence-corrected chi connectivity index (χ3v) is 3.89. The average molecular weight is 287 g/mol. The molecule has 1 aromatic rings. The summed E-state index contributed by atoms with van der Waals surface area (Å²) in [5, 5.41) is 0. The van der Waals surface area contributed by atoms with Crippen LogP contribution in [0.4, 0.5) is 0 Å². The minimum Gasteiger partial charge on any atom is -0.332 e. The molecule has 2 rings (SSSR count). The van der Waals surface area contributed by atoms with Crippen LogP contribution in [0, 0.1) is 12.3 Å². The Morgan fingerprint density at radius 1 is 1.19 bits per heavy atom. The lowest BCUT2D eigenvalue weighted by atomic mass is 9.91. The van der Waals surface area contributed by atoms with Gasteiger partial charge in [0, 0.05) is 18.5 Å². The fraction of sp³-hybridized carbons (Fsp3) is 0.556. The molecule has 1 saturated heterocycles. The summed E-state index contributed by atoms with van der Waals surface area (Å²) in [6, 6.07) is 7.35. The van der Waals surface area contributed by atoms with E-state index in [0.717, 1.165) is 18.4 Å². The SMILES string of the molecule is Cc1ccc(C(=O)C2CCCN2C(=O)CC(C)(C)C)cc1. The first kappa shape index (κ1) is 15.7. The van der Waals surface area contributed by atoms with E-state index in [1.807, 2.05) is 31.2 Å². The van der Waals surface area contributed by atoms with Crippen molar-refractivity contribution >= 4 is 11.7 Å². The molecule has 1 unspecified atom stereocenters. The van der Waals surface area contributed by atoms with E-state index >= 15 is 0 Å². The van der Waals surface area contributed by atoms with Crippen LogP contribution in [-0.4, -0.2) is 29.2 Å². The summed E-state index contributed by atoms with van der Waals surface area (Å²) >= 11 is 0. The molecule has 1 aromatic carbocycles. The molecule has 0 radical (unpaired) electrons. The molecule has 0 bridgehead atoms. The molecule has 0 aromatic heterocycles. The lowest BCUT2D eigenvalue weighted by molar-refractivity contribution is -0.133. The van der Waals surface area contributed by atoms with Crippen molar-refractivity contribution in [1.29, 1.82) is 0 Å². The summed E-state index contributed by atoms with van der Waals surface area (Å²) < 4.78 is 0. The van der Waals surface area contributed by atoms with Crippen LogP contribution in [-0.2, 0) is 4.79 Å². The predicted octanol–water partition coefficient (Wildman–Crippen LogP) is 3.60. The molecule has 3 nitrogen and oxygen atoms in total. The highest BCUT2D eigenvalue weighted by Crippen LogP contribution is 2.26. The maximum absolute atomic E-state index is 12.6. The second-order valence-corrected chi connectivity index (χ2v) is 7.21. The summed E-state index contributed by atoms with van der Waals surface area (Å²) in [5.41, 5.74) is 1.80. The van der Waals surface area contributed by atoms with Crippen molar-refractivity contribution in [2.24, 2.45) is 5.41 Å². The van der Waals surface area contributed by atoms with E-state index < -0.39 is 0 Å². The summed E-state index contributed by atoms with van der Waals surface area (Å²) in [7, 11) is 0. The summed E-state index contributed by atoms with van der Waals surface area (Å²) in [6.45, 7) is 8.87. The van der Waals surface area contributed by atoms with Crippen molar-refractivity contribution in [3.8, 4) is 0 Å². The Labute approximate surface area is 127 Å². The predicted molar refractivity (Wildman–Crippen MR) is 84.3 cm³/mol. The van der Waals surface area contributed by atoms with Crippen molar-refractivity contribution in [2.45, 2.75) is 53.0 Å². The Kier molecular flexibility index (Phi) is 4.50. The molecular formula is C18H25NO2. The Balaban J connectivity index is 2.13. The first-order valence-corrected chi connectivity index (χ1v) is 7.68. The van der Waals surface area contributed by atoms with Crippen LogP contribution in [0.2, 0.25) is 0 Å². The van der Waals surface area contributed by atoms with E-state index in [4.69, 9.17) is 0 Å². The number of aryl methyl sites for hydroxylation is 1. The smallest absolute Gasteiger partial charge is 0.223 e. The third kappa shape index (κ3) is 3.93. The number of benzene rings is 1. The van der Waals surface area contributed by atoms with Gasteiger partial charge in [-0.1, -0.05) is 50.6 Å². The van der Waals surface area contributed by atoms with Gasteiger partial charge in [-0.25, -0.2) is 0 Å². The number of amides is 1. The zero-order chi connectivity index (χ0) is 15.6. The number of rotatable bonds is 3. The van der Waals surface area contributed by atoms with Crippen LogP contribution in [0.25, 0.3) is 0 Å². The van der Waals surface area contributed by atoms with E-state index in [1.165, 1.54) is 0 Å². The summed E-state index contributed by atoms with van der Waals surface area (Å²) in [6.07, 6.45) is 2.19. The van der Waals surface area contributed by atoms with Crippen LogP contribution in [0.1, 0.15) is 56.0 Å². The van der Waals surface area contributed by atoms with Gasteiger partial charge >= 0.3 is 0 Å². The van der Waals surface area contributed by atoms with Crippen molar-refractivity contribution in [1.82, 2.24) is 4.90 Å². The number of ketones is 1. The maximum atomic E-state index is 12.6. The van der Waals surface area contributed by atoms with Gasteiger partial charge in [0.25, 0.3) is 0 Å². The van der Waals surface area contributed by atoms with Crippen LogP contribution < -0.4 is 0 Å². The van der Waals surface area contributed by atoms with E-state index in [0.29, 0.717) is 18.5 Å². The van der Waals surface area contributed by atoms with E-state index in [2.05, 4.69) is 20.8 Å². The van der Waals surface area contributed by atoms with E-state index in [9.17, 15) is 9.59 Å². The van der Waals surface area contributed by atoms with Crippen LogP contribution >= 0.6 is 0 Å². The molecule has 0 saturated carbocycles. The van der Waals surface area contributed by atoms with Crippen molar-refractivity contribution in [3.05, 3.63) is 35.4 Å². The topological polar surface area (TPSA) is 37.4 Å². The molecule has 1 atom stereocenters. The van der Waals surface area contributed by atoms with E-state index in [-0.39, 0.29) is 23.1 Å². The molecule has 1 amide bonds. The van der Waals surface area contributed by atoms with Gasteiger partial charge in [0.2, 0.25) is 5.91 Å². The molecule has 0 spiro atoms. The molecule has 1 aliphatic rings. The molecule has 1 aliphatic heterocycles. The van der Waals surface area contributed by atoms with Gasteiger partial charge in [0.15, 0.2) is 5.78 Å². The largest absolute Gasteiger partial charge is 0.332 e. The first-order chi connectivity index (χ1) is 9.78. The zero-order valence-electron chi connectivity index (χ0n) is 13.5. The molecule has 114 valence electrons. The van der Waals surface area contributed by atoms with Crippen molar-refractivity contribution in [3.63, 3.8) is 0 Å². The van der Waals surface area contributed by atoms with Gasteiger partial charge in [-0.3, -0.25) is 9.59 Å². The number of hydrogen-bond donors (Lipinski definition) is 0. The number of hydrogen-bond acceptors (Lipinski definition) is 2. The lowest BCUT2D eigenvalue weighted by Gasteiger charge is -2.27. The Morgan fingerprint density at radius 2 is 1.81 bits per heavy atom. The Morgan fingerprint density at radius 3 is 2.38 bits per heavy atom. The lowest BCUT2D eigenvalue weighted by Crippen LogP contribution is -2.41.